The number of carbonyl (C=O) groups is 2. The van der Waals surface area contributed by atoms with Crippen LogP contribution < -0.4 is 31.6 Å². The number of thiophene rings is 1. The first-order valence-electron chi connectivity index (χ1n) is 14.4. The van der Waals surface area contributed by atoms with E-state index in [1.807, 2.05) is 36.4 Å². The molecular weight excluding hydrogens is 633 g/mol. The molecule has 0 aliphatic carbocycles. The SMILES string of the molecule is NC(N)=NCCC[C@H](NC(=O)c1sccc1NS(=O)(=O)c1cc(-c2cccc(CNCc3ccn[nH]3)c2)cc2c1OCC2)C(=O)O. The molecule has 0 radical (unpaired) electrons. The van der Waals surface area contributed by atoms with Gasteiger partial charge >= 0.3 is 5.97 Å². The van der Waals surface area contributed by atoms with Crippen LogP contribution in [-0.2, 0) is 34.3 Å². The Morgan fingerprint density at radius 1 is 1.13 bits per heavy atom. The van der Waals surface area contributed by atoms with Gasteiger partial charge in [-0.25, -0.2) is 13.2 Å². The number of H-pyrrole nitrogens is 1. The van der Waals surface area contributed by atoms with Crippen molar-refractivity contribution < 1.29 is 27.9 Å². The number of aromatic amines is 1. The van der Waals surface area contributed by atoms with Gasteiger partial charge in [0.05, 0.1) is 12.3 Å². The van der Waals surface area contributed by atoms with E-state index in [4.69, 9.17) is 16.2 Å². The fourth-order valence-electron chi connectivity index (χ4n) is 4.97. The zero-order valence-electron chi connectivity index (χ0n) is 24.7. The van der Waals surface area contributed by atoms with E-state index < -0.39 is 27.9 Å². The van der Waals surface area contributed by atoms with E-state index in [1.165, 1.54) is 6.07 Å². The molecule has 3 heterocycles. The van der Waals surface area contributed by atoms with Gasteiger partial charge in [-0.3, -0.25) is 19.6 Å². The first-order chi connectivity index (χ1) is 22.1. The Labute approximate surface area is 269 Å². The van der Waals surface area contributed by atoms with Gasteiger partial charge in [0, 0.05) is 37.9 Å². The normalized spacial score (nSPS) is 13.0. The maximum atomic E-state index is 13.8. The monoisotopic (exact) mass is 666 g/mol. The predicted molar refractivity (Wildman–Crippen MR) is 174 cm³/mol. The maximum Gasteiger partial charge on any atom is 0.326 e. The molecule has 0 spiro atoms. The van der Waals surface area contributed by atoms with Crippen molar-refractivity contribution in [3.8, 4) is 16.9 Å². The fourth-order valence-corrected chi connectivity index (χ4v) is 7.08. The number of nitrogens with zero attached hydrogens (tertiary/aromatic N) is 2. The van der Waals surface area contributed by atoms with E-state index in [-0.39, 0.29) is 40.1 Å². The lowest BCUT2D eigenvalue weighted by atomic mass is 10.00. The summed E-state index contributed by atoms with van der Waals surface area (Å²) in [6, 6.07) is 13.4. The zero-order valence-corrected chi connectivity index (χ0v) is 26.3. The third-order valence-corrected chi connectivity index (χ3v) is 9.45. The van der Waals surface area contributed by atoms with E-state index >= 15 is 0 Å². The first kappa shape index (κ1) is 32.5. The number of guanidine groups is 1. The number of anilines is 1. The lowest BCUT2D eigenvalue weighted by molar-refractivity contribution is -0.139. The molecular formula is C30H34N8O6S2. The van der Waals surface area contributed by atoms with Crippen molar-refractivity contribution in [2.75, 3.05) is 17.9 Å². The standard InChI is InChI=1S/C30H34N8O6S2/c31-30(32)34-9-2-5-24(29(40)41)36-28(39)27-23(8-12-45-27)38-46(42,43)25-15-21(14-20-7-11-44-26(20)25)19-4-1-3-18(13-19)16-33-17-22-6-10-35-37-22/h1,3-4,6,8,10,12-15,24,33,38H,2,5,7,9,11,16-17H2,(H,35,37)(H,36,39)(H,40,41)(H4,31,32,34)/t24-/m0/s1. The molecule has 14 nitrogen and oxygen atoms in total. The van der Waals surface area contributed by atoms with Crippen molar-refractivity contribution in [3.63, 3.8) is 0 Å². The fraction of sp³-hybridized carbons (Fsp3) is 0.267. The maximum absolute atomic E-state index is 13.8. The number of carbonyl (C=O) groups excluding carboxylic acids is 1. The molecule has 242 valence electrons. The highest BCUT2D eigenvalue weighted by Gasteiger charge is 2.29. The molecule has 0 saturated heterocycles. The van der Waals surface area contributed by atoms with Crippen LogP contribution in [0.1, 0.15) is 39.3 Å². The van der Waals surface area contributed by atoms with Crippen LogP contribution in [0.3, 0.4) is 0 Å². The topological polar surface area (TPSA) is 227 Å². The van der Waals surface area contributed by atoms with Crippen LogP contribution in [0.25, 0.3) is 11.1 Å². The Hall–Kier alpha value is -4.93. The molecule has 4 aromatic rings. The molecule has 2 aromatic carbocycles. The van der Waals surface area contributed by atoms with Gasteiger partial charge in [0.2, 0.25) is 0 Å². The summed E-state index contributed by atoms with van der Waals surface area (Å²) >= 11 is 0.983. The van der Waals surface area contributed by atoms with Crippen LogP contribution in [0.2, 0.25) is 0 Å². The number of carboxylic acids is 1. The van der Waals surface area contributed by atoms with Crippen LogP contribution >= 0.6 is 11.3 Å². The van der Waals surface area contributed by atoms with Gasteiger partial charge in [0.1, 0.15) is 21.6 Å². The molecule has 1 aliphatic heterocycles. The van der Waals surface area contributed by atoms with Crippen molar-refractivity contribution in [1.82, 2.24) is 20.8 Å². The van der Waals surface area contributed by atoms with E-state index in [0.29, 0.717) is 38.1 Å². The minimum absolute atomic E-state index is 0.0168. The summed E-state index contributed by atoms with van der Waals surface area (Å²) in [5.74, 6) is -1.81. The molecule has 5 rings (SSSR count). The second-order valence-corrected chi connectivity index (χ2v) is 13.1. The lowest BCUT2D eigenvalue weighted by Crippen LogP contribution is -2.40. The van der Waals surface area contributed by atoms with Crippen LogP contribution in [0.15, 0.2) is 70.0 Å². The van der Waals surface area contributed by atoms with Crippen molar-refractivity contribution in [3.05, 3.63) is 81.8 Å². The van der Waals surface area contributed by atoms with Gasteiger partial charge in [0.15, 0.2) is 5.96 Å². The summed E-state index contributed by atoms with van der Waals surface area (Å²) in [6.45, 7) is 1.75. The zero-order chi connectivity index (χ0) is 32.7. The number of aromatic nitrogens is 2. The number of rotatable bonds is 15. The second-order valence-electron chi connectivity index (χ2n) is 10.5. The molecule has 1 atom stereocenters. The molecule has 0 unspecified atom stereocenters. The van der Waals surface area contributed by atoms with Crippen molar-refractivity contribution >= 4 is 44.9 Å². The highest BCUT2D eigenvalue weighted by atomic mass is 32.2. The number of ether oxygens (including phenoxy) is 1. The van der Waals surface area contributed by atoms with Crippen LogP contribution in [0.4, 0.5) is 5.69 Å². The quantitative estimate of drug-likeness (QED) is 0.0557. The second kappa shape index (κ2) is 14.4. The number of nitrogens with one attached hydrogen (secondary N) is 4. The highest BCUT2D eigenvalue weighted by molar-refractivity contribution is 7.92. The molecule has 16 heteroatoms. The number of fused-ring (bicyclic) bond motifs is 1. The Morgan fingerprint density at radius 2 is 1.98 bits per heavy atom. The number of hydrogen-bond acceptors (Lipinski definition) is 9. The molecule has 1 aliphatic rings. The summed E-state index contributed by atoms with van der Waals surface area (Å²) in [7, 11) is -4.24. The van der Waals surface area contributed by atoms with Crippen molar-refractivity contribution in [1.29, 1.82) is 0 Å². The Morgan fingerprint density at radius 3 is 2.74 bits per heavy atom. The first-order valence-corrected chi connectivity index (χ1v) is 16.7. The average Bonchev–Trinajstić information content (AvgIpc) is 3.80. The smallest absolute Gasteiger partial charge is 0.326 e. The Balaban J connectivity index is 1.34. The molecule has 9 N–H and O–H groups in total. The number of sulfonamides is 1. The molecule has 0 saturated carbocycles. The minimum Gasteiger partial charge on any atom is -0.492 e. The number of benzene rings is 2. The number of hydrogen-bond donors (Lipinski definition) is 7. The van der Waals surface area contributed by atoms with Crippen molar-refractivity contribution in [2.45, 2.75) is 43.3 Å². The Kier molecular flexibility index (Phi) is 10.2. The van der Waals surface area contributed by atoms with Gasteiger partial charge in [-0.15, -0.1) is 11.3 Å². The van der Waals surface area contributed by atoms with E-state index in [1.54, 1.807) is 17.6 Å². The van der Waals surface area contributed by atoms with Gasteiger partial charge < -0.3 is 31.9 Å². The number of nitrogens with two attached hydrogens (primary N) is 2. The van der Waals surface area contributed by atoms with E-state index in [0.717, 1.165) is 33.7 Å². The summed E-state index contributed by atoms with van der Waals surface area (Å²) in [4.78, 5) is 28.7. The number of amides is 1. The minimum atomic E-state index is -4.24. The van der Waals surface area contributed by atoms with E-state index in [2.05, 4.69) is 30.5 Å². The summed E-state index contributed by atoms with van der Waals surface area (Å²) in [5, 5.41) is 23.8. The lowest BCUT2D eigenvalue weighted by Gasteiger charge is -2.16. The van der Waals surface area contributed by atoms with Crippen molar-refractivity contribution in [2.24, 2.45) is 16.5 Å². The highest BCUT2D eigenvalue weighted by Crippen LogP contribution is 2.39. The summed E-state index contributed by atoms with van der Waals surface area (Å²) in [5.41, 5.74) is 14.9. The molecule has 0 bridgehead atoms. The number of carboxylic acid groups (broad SMARTS) is 1. The molecule has 1 amide bonds. The molecule has 0 fully saturated rings. The van der Waals surface area contributed by atoms with E-state index in [9.17, 15) is 23.1 Å². The Bertz CT molecular complexity index is 1840. The summed E-state index contributed by atoms with van der Waals surface area (Å²) < 4.78 is 35.9. The average molecular weight is 667 g/mol. The van der Waals surface area contributed by atoms with Gasteiger partial charge in [0.25, 0.3) is 15.9 Å². The van der Waals surface area contributed by atoms with Gasteiger partial charge in [-0.2, -0.15) is 5.10 Å². The van der Waals surface area contributed by atoms with Gasteiger partial charge in [-0.1, -0.05) is 18.2 Å². The third-order valence-electron chi connectivity index (χ3n) is 7.17. The van der Waals surface area contributed by atoms with Crippen LogP contribution in [0, 0.1) is 0 Å². The number of aliphatic imine (C=N–C) groups is 1. The molecule has 46 heavy (non-hydrogen) atoms. The largest absolute Gasteiger partial charge is 0.492 e. The predicted octanol–water partition coefficient (Wildman–Crippen LogP) is 2.40. The number of aliphatic carboxylic acids is 1. The summed E-state index contributed by atoms with van der Waals surface area (Å²) in [6.07, 6.45) is 2.62. The third kappa shape index (κ3) is 8.01. The molecule has 2 aromatic heterocycles. The van der Waals surface area contributed by atoms with Crippen LogP contribution in [0.5, 0.6) is 5.75 Å². The van der Waals surface area contributed by atoms with Crippen LogP contribution in [-0.4, -0.2) is 60.8 Å². The van der Waals surface area contributed by atoms with Gasteiger partial charge in [-0.05, 0) is 70.8 Å².